The van der Waals surface area contributed by atoms with Gasteiger partial charge in [-0.15, -0.1) is 21.5 Å². The van der Waals surface area contributed by atoms with E-state index in [9.17, 15) is 4.79 Å². The lowest BCUT2D eigenvalue weighted by Crippen LogP contribution is -2.28. The summed E-state index contributed by atoms with van der Waals surface area (Å²) >= 11 is 7.68. The fourth-order valence-corrected chi connectivity index (χ4v) is 9.30. The van der Waals surface area contributed by atoms with Gasteiger partial charge in [-0.1, -0.05) is 43.6 Å². The van der Waals surface area contributed by atoms with Crippen LogP contribution in [0.25, 0.3) is 32.0 Å². The minimum absolute atomic E-state index is 0.133. The summed E-state index contributed by atoms with van der Waals surface area (Å²) in [6.45, 7) is 5.83. The Hall–Kier alpha value is -4.94. The first-order valence-corrected chi connectivity index (χ1v) is 18.7. The molecule has 0 bridgehead atoms. The molecule has 2 atom stereocenters. The van der Waals surface area contributed by atoms with Crippen LogP contribution in [0, 0.1) is 12.8 Å². The van der Waals surface area contributed by atoms with Gasteiger partial charge >= 0.3 is 0 Å². The van der Waals surface area contributed by atoms with E-state index in [0.717, 1.165) is 18.2 Å². The molecule has 0 aliphatic heterocycles. The maximum Gasteiger partial charge on any atom is 0.276 e. The van der Waals surface area contributed by atoms with Crippen molar-refractivity contribution in [3.8, 4) is 27.6 Å². The molecule has 2 aliphatic carbocycles. The molecule has 1 amide bonds. The van der Waals surface area contributed by atoms with E-state index < -0.39 is 24.3 Å². The van der Waals surface area contributed by atoms with E-state index in [2.05, 4.69) is 40.4 Å². The van der Waals surface area contributed by atoms with E-state index in [-0.39, 0.29) is 23.3 Å². The number of anilines is 1. The number of primary amides is 1. The summed E-state index contributed by atoms with van der Waals surface area (Å²) in [5, 5.41) is 13.1. The first kappa shape index (κ1) is 35.1. The van der Waals surface area contributed by atoms with E-state index in [1.165, 1.54) is 29.6 Å². The van der Waals surface area contributed by atoms with Crippen LogP contribution in [0.3, 0.4) is 0 Å². The quantitative estimate of drug-likeness (QED) is 0.142. The SMILES string of the molecule is COc1cccc2c1CC(F)(F)[C@@H]2Nc1nccc2cc(-c3c(C(N)=O)c(CC(C)C)nc(C[C@H]4CCc5cc(Cl)ccc54)c3-c3nnc(C)o3)sc12. The molecule has 0 spiro atoms. The van der Waals surface area contributed by atoms with Crippen LogP contribution < -0.4 is 15.8 Å². The van der Waals surface area contributed by atoms with Crippen LogP contribution in [0.4, 0.5) is 14.6 Å². The third-order valence-electron chi connectivity index (χ3n) is 10.2. The van der Waals surface area contributed by atoms with Crippen LogP contribution in [0.5, 0.6) is 5.75 Å². The summed E-state index contributed by atoms with van der Waals surface area (Å²) in [6, 6.07) is 13.5. The van der Waals surface area contributed by atoms with Gasteiger partial charge in [-0.3, -0.25) is 9.78 Å². The number of pyridine rings is 2. The van der Waals surface area contributed by atoms with Gasteiger partial charge in [0.25, 0.3) is 11.8 Å². The molecule has 13 heteroatoms. The highest BCUT2D eigenvalue weighted by Gasteiger charge is 2.49. The predicted molar refractivity (Wildman–Crippen MR) is 202 cm³/mol. The van der Waals surface area contributed by atoms with Crippen molar-refractivity contribution in [3.05, 3.63) is 105 Å². The van der Waals surface area contributed by atoms with Gasteiger partial charge in [-0.2, -0.15) is 0 Å². The number of hydrogen-bond donors (Lipinski definition) is 2. The molecule has 3 N–H and O–H groups in total. The first-order chi connectivity index (χ1) is 25.4. The average Bonchev–Trinajstić information content (AvgIpc) is 3.89. The number of rotatable bonds is 10. The van der Waals surface area contributed by atoms with E-state index in [1.54, 1.807) is 31.3 Å². The number of fused-ring (bicyclic) bond motifs is 3. The lowest BCUT2D eigenvalue weighted by Gasteiger charge is -2.22. The molecule has 9 nitrogen and oxygen atoms in total. The zero-order valence-corrected chi connectivity index (χ0v) is 31.2. The van der Waals surface area contributed by atoms with E-state index in [4.69, 9.17) is 31.5 Å². The third kappa shape index (κ3) is 6.31. The fraction of sp³-hybridized carbons (Fsp3) is 0.325. The molecule has 0 fully saturated rings. The molecule has 0 saturated heterocycles. The molecule has 272 valence electrons. The predicted octanol–water partition coefficient (Wildman–Crippen LogP) is 9.29. The molecule has 6 aromatic rings. The van der Waals surface area contributed by atoms with Crippen molar-refractivity contribution in [2.75, 3.05) is 12.4 Å². The average molecular weight is 755 g/mol. The van der Waals surface area contributed by atoms with E-state index in [0.29, 0.717) is 78.5 Å². The van der Waals surface area contributed by atoms with Crippen molar-refractivity contribution in [2.45, 2.75) is 70.8 Å². The van der Waals surface area contributed by atoms with Crippen LogP contribution >= 0.6 is 22.9 Å². The molecule has 8 rings (SSSR count). The summed E-state index contributed by atoms with van der Waals surface area (Å²) in [4.78, 5) is 24.0. The normalized spacial score (nSPS) is 17.4. The molecule has 4 heterocycles. The number of ether oxygens (including phenoxy) is 1. The number of alkyl halides is 2. The Labute approximate surface area is 314 Å². The van der Waals surface area contributed by atoms with Crippen molar-refractivity contribution in [2.24, 2.45) is 11.7 Å². The monoisotopic (exact) mass is 754 g/mol. The van der Waals surface area contributed by atoms with Gasteiger partial charge in [0, 0.05) is 40.6 Å². The third-order valence-corrected chi connectivity index (χ3v) is 11.6. The highest BCUT2D eigenvalue weighted by atomic mass is 35.5. The summed E-state index contributed by atoms with van der Waals surface area (Å²) in [6.07, 6.45) is 3.96. The molecule has 0 saturated carbocycles. The number of halogens is 3. The Balaban J connectivity index is 1.32. The maximum atomic E-state index is 15.7. The molecule has 4 aromatic heterocycles. The second-order valence-electron chi connectivity index (χ2n) is 14.2. The topological polar surface area (TPSA) is 129 Å². The number of thiophene rings is 1. The van der Waals surface area contributed by atoms with E-state index >= 15 is 8.78 Å². The highest BCUT2D eigenvalue weighted by molar-refractivity contribution is 7.23. The summed E-state index contributed by atoms with van der Waals surface area (Å²) < 4.78 is 43.6. The number of carbonyl (C=O) groups excluding carboxylic acids is 1. The minimum atomic E-state index is -3.10. The Bertz CT molecular complexity index is 2410. The second-order valence-corrected chi connectivity index (χ2v) is 15.7. The minimum Gasteiger partial charge on any atom is -0.496 e. The lowest BCUT2D eigenvalue weighted by atomic mass is 9.88. The van der Waals surface area contributed by atoms with Crippen molar-refractivity contribution in [1.29, 1.82) is 0 Å². The number of aryl methyl sites for hydroxylation is 2. The van der Waals surface area contributed by atoms with Crippen molar-refractivity contribution in [1.82, 2.24) is 20.2 Å². The van der Waals surface area contributed by atoms with Crippen LogP contribution in [0.1, 0.15) is 82.1 Å². The lowest BCUT2D eigenvalue weighted by molar-refractivity contribution is -0.00734. The zero-order valence-electron chi connectivity index (χ0n) is 29.6. The standard InChI is InChI=1S/C40H37ClF2N6O3S/c1-19(2)14-28-32(37(44)50)34(33(39-49-48-20(3)52-39)29(46-28)16-22-9-8-21-15-24(41)10-11-25(21)22)31-17-23-12-13-45-38(35(23)53-31)47-36-26-6-5-7-30(51-4)27(26)18-40(36,42)43/h5-7,10-13,15,17,19,22,36H,8-9,14,16,18H2,1-4H3,(H2,44,50)(H,45,47)/t22-,36-/m1/s1. The highest BCUT2D eigenvalue weighted by Crippen LogP contribution is 2.50. The number of hydrogen-bond acceptors (Lipinski definition) is 9. The number of benzene rings is 2. The van der Waals surface area contributed by atoms with Gasteiger partial charge in [0.05, 0.1) is 34.3 Å². The molecule has 0 radical (unpaired) electrons. The van der Waals surface area contributed by atoms with Crippen LogP contribution in [0.2, 0.25) is 5.02 Å². The largest absolute Gasteiger partial charge is 0.496 e. The van der Waals surface area contributed by atoms with Crippen molar-refractivity contribution in [3.63, 3.8) is 0 Å². The van der Waals surface area contributed by atoms with Gasteiger partial charge in [-0.05, 0) is 89.9 Å². The maximum absolute atomic E-state index is 15.7. The second kappa shape index (κ2) is 13.5. The first-order valence-electron chi connectivity index (χ1n) is 17.5. The molecule has 0 unspecified atom stereocenters. The van der Waals surface area contributed by atoms with Gasteiger partial charge in [-0.25, -0.2) is 13.8 Å². The molecule has 2 aromatic carbocycles. The van der Waals surface area contributed by atoms with Crippen molar-refractivity contribution >= 4 is 44.7 Å². The summed E-state index contributed by atoms with van der Waals surface area (Å²) in [5.74, 6) is -2.15. The van der Waals surface area contributed by atoms with Gasteiger partial charge in [0.2, 0.25) is 11.8 Å². The summed E-state index contributed by atoms with van der Waals surface area (Å²) in [7, 11) is 1.48. The number of methoxy groups -OCH3 is 1. The number of nitrogens with two attached hydrogens (primary N) is 1. The number of nitrogens with zero attached hydrogens (tertiary/aromatic N) is 4. The smallest absolute Gasteiger partial charge is 0.276 e. The summed E-state index contributed by atoms with van der Waals surface area (Å²) in [5.41, 5.74) is 12.2. The molecular formula is C40H37ClF2N6O3S. The van der Waals surface area contributed by atoms with Gasteiger partial charge in [0.15, 0.2) is 0 Å². The van der Waals surface area contributed by atoms with Crippen LogP contribution in [-0.2, 0) is 25.7 Å². The van der Waals surface area contributed by atoms with Crippen LogP contribution in [-0.4, -0.2) is 39.1 Å². The number of amides is 1. The molecular weight excluding hydrogens is 718 g/mol. The van der Waals surface area contributed by atoms with Crippen LogP contribution in [0.15, 0.2) is 59.1 Å². The number of aromatic nitrogens is 4. The Kier molecular flexibility index (Phi) is 8.93. The fourth-order valence-electron chi connectivity index (χ4n) is 7.94. The van der Waals surface area contributed by atoms with Gasteiger partial charge < -0.3 is 20.2 Å². The molecule has 53 heavy (non-hydrogen) atoms. The number of nitrogens with one attached hydrogen (secondary N) is 1. The zero-order chi connectivity index (χ0) is 37.2. The van der Waals surface area contributed by atoms with Gasteiger partial charge in [0.1, 0.15) is 17.6 Å². The Morgan fingerprint density at radius 1 is 1.13 bits per heavy atom. The molecule has 2 aliphatic rings. The number of carbonyl (C=O) groups is 1. The van der Waals surface area contributed by atoms with E-state index in [1.807, 2.05) is 24.3 Å². The Morgan fingerprint density at radius 2 is 1.96 bits per heavy atom. The van der Waals surface area contributed by atoms with Crippen molar-refractivity contribution < 1.29 is 22.7 Å². The Morgan fingerprint density at radius 3 is 2.70 bits per heavy atom.